The Bertz CT molecular complexity index is 725. The first kappa shape index (κ1) is 16.6. The number of carbonyl (C=O) groups excluding carboxylic acids is 1. The van der Waals surface area contributed by atoms with E-state index in [1.165, 1.54) is 7.05 Å². The Balaban J connectivity index is 2.44. The molecule has 1 aromatic heterocycles. The van der Waals surface area contributed by atoms with Crippen molar-refractivity contribution < 1.29 is 14.3 Å². The van der Waals surface area contributed by atoms with Crippen LogP contribution in [-0.4, -0.2) is 49.1 Å². The number of ether oxygens (including phenoxy) is 2. The minimum Gasteiger partial charge on any atom is -0.496 e. The van der Waals surface area contributed by atoms with Gasteiger partial charge < -0.3 is 25.9 Å². The number of hydrogen-bond acceptors (Lipinski definition) is 5. The molecule has 1 amide bonds. The molecule has 0 radical (unpaired) electrons. The summed E-state index contributed by atoms with van der Waals surface area (Å²) >= 11 is 0. The number of aromatic amines is 1. The minimum absolute atomic E-state index is 0.297. The van der Waals surface area contributed by atoms with E-state index in [0.717, 1.165) is 16.7 Å². The van der Waals surface area contributed by atoms with Gasteiger partial charge in [0.1, 0.15) is 17.2 Å². The van der Waals surface area contributed by atoms with Gasteiger partial charge in [0.25, 0.3) is 5.91 Å². The van der Waals surface area contributed by atoms with E-state index in [-0.39, 0.29) is 5.96 Å². The number of aromatic nitrogens is 1. The maximum Gasteiger partial charge on any atom is 0.276 e. The monoisotopic (exact) mass is 319 g/mol. The molecule has 0 saturated heterocycles. The van der Waals surface area contributed by atoms with Crippen LogP contribution in [0.4, 0.5) is 0 Å². The topological polar surface area (TPSA) is 130 Å². The fourth-order valence-electron chi connectivity index (χ4n) is 2.14. The maximum atomic E-state index is 12.3. The molecule has 0 bridgehead atoms. The average Bonchev–Trinajstić information content (AvgIpc) is 2.99. The summed E-state index contributed by atoms with van der Waals surface area (Å²) in [5, 5.41) is 8.08. The summed E-state index contributed by atoms with van der Waals surface area (Å²) < 4.78 is 11.0. The summed E-state index contributed by atoms with van der Waals surface area (Å²) in [7, 11) is 2.99. The number of nitrogens with one attached hydrogen (secondary N) is 2. The lowest BCUT2D eigenvalue weighted by Gasteiger charge is -2.12. The summed E-state index contributed by atoms with van der Waals surface area (Å²) in [6.07, 6.45) is 0.729. The number of guanidine groups is 1. The number of nitrogens with zero attached hydrogens (tertiary/aromatic N) is 1. The van der Waals surface area contributed by atoms with Crippen molar-refractivity contribution in [1.29, 1.82) is 5.41 Å². The van der Waals surface area contributed by atoms with E-state index in [1.807, 2.05) is 0 Å². The molecular formula is C15H21N5O3. The van der Waals surface area contributed by atoms with E-state index >= 15 is 0 Å². The molecule has 0 aliphatic rings. The molecule has 23 heavy (non-hydrogen) atoms. The Morgan fingerprint density at radius 3 is 2.70 bits per heavy atom. The van der Waals surface area contributed by atoms with E-state index in [2.05, 4.69) is 4.98 Å². The number of carbonyl (C=O) groups is 1. The number of fused-ring (bicyclic) bond motifs is 1. The molecule has 2 rings (SSSR count). The van der Waals surface area contributed by atoms with Gasteiger partial charge in [-0.15, -0.1) is 0 Å². The molecule has 0 fully saturated rings. The Labute approximate surface area is 133 Å². The van der Waals surface area contributed by atoms with Gasteiger partial charge in [-0.2, -0.15) is 0 Å². The van der Waals surface area contributed by atoms with Crippen LogP contribution in [0.1, 0.15) is 16.9 Å². The molecule has 0 spiro atoms. The molecule has 2 aromatic rings. The molecule has 124 valence electrons. The second-order valence-electron chi connectivity index (χ2n) is 4.98. The van der Waals surface area contributed by atoms with Crippen molar-refractivity contribution in [1.82, 2.24) is 9.88 Å². The number of benzene rings is 1. The molecule has 0 atom stereocenters. The van der Waals surface area contributed by atoms with Crippen LogP contribution in [-0.2, 0) is 0 Å². The van der Waals surface area contributed by atoms with E-state index in [9.17, 15) is 4.79 Å². The van der Waals surface area contributed by atoms with Crippen LogP contribution in [0.15, 0.2) is 18.2 Å². The zero-order valence-corrected chi connectivity index (χ0v) is 13.2. The quantitative estimate of drug-likeness (QED) is 0.356. The van der Waals surface area contributed by atoms with Gasteiger partial charge in [0.05, 0.1) is 19.2 Å². The van der Waals surface area contributed by atoms with Crippen molar-refractivity contribution in [2.75, 3.05) is 27.3 Å². The predicted octanol–water partition coefficient (Wildman–Crippen LogP) is 0.870. The summed E-state index contributed by atoms with van der Waals surface area (Å²) in [6.45, 7) is 1.02. The highest BCUT2D eigenvalue weighted by atomic mass is 16.5. The van der Waals surface area contributed by atoms with Crippen molar-refractivity contribution in [3.05, 3.63) is 23.9 Å². The van der Waals surface area contributed by atoms with Gasteiger partial charge in [0, 0.05) is 12.4 Å². The molecule has 1 heterocycles. The molecule has 8 nitrogen and oxygen atoms in total. The van der Waals surface area contributed by atoms with E-state index in [1.54, 1.807) is 25.3 Å². The minimum atomic E-state index is -0.413. The molecule has 6 N–H and O–H groups in total. The Hall–Kier alpha value is -2.74. The Morgan fingerprint density at radius 1 is 1.39 bits per heavy atom. The van der Waals surface area contributed by atoms with Gasteiger partial charge in [-0.25, -0.2) is 0 Å². The molecule has 1 aromatic carbocycles. The van der Waals surface area contributed by atoms with Crippen LogP contribution < -0.4 is 20.9 Å². The van der Waals surface area contributed by atoms with Gasteiger partial charge in [0.15, 0.2) is 5.96 Å². The van der Waals surface area contributed by atoms with Gasteiger partial charge in [-0.1, -0.05) is 0 Å². The molecule has 0 aliphatic carbocycles. The summed E-state index contributed by atoms with van der Waals surface area (Å²) in [6, 6.07) is 5.21. The van der Waals surface area contributed by atoms with Crippen molar-refractivity contribution in [3.8, 4) is 11.5 Å². The van der Waals surface area contributed by atoms with Crippen LogP contribution >= 0.6 is 0 Å². The van der Waals surface area contributed by atoms with Gasteiger partial charge in [0.2, 0.25) is 0 Å². The lowest BCUT2D eigenvalue weighted by molar-refractivity contribution is 0.0864. The first-order valence-corrected chi connectivity index (χ1v) is 7.14. The van der Waals surface area contributed by atoms with Crippen LogP contribution in [0.5, 0.6) is 11.5 Å². The molecular weight excluding hydrogens is 298 g/mol. The van der Waals surface area contributed by atoms with E-state index in [4.69, 9.17) is 26.4 Å². The van der Waals surface area contributed by atoms with Crippen LogP contribution in [0.3, 0.4) is 0 Å². The standard InChI is InChI=1S/C15H21N5O3/c1-20(15(17)18)14(21)10-8-9-11(22-2)4-5-12(13(9)19-10)23-7-3-6-16/h4-5,8,19H,3,6-7,16H2,1-2H3,(H3,17,18). The number of methoxy groups -OCH3 is 1. The van der Waals surface area contributed by atoms with Crippen molar-refractivity contribution in [2.24, 2.45) is 11.5 Å². The highest BCUT2D eigenvalue weighted by molar-refractivity contribution is 6.07. The first-order valence-electron chi connectivity index (χ1n) is 7.14. The fraction of sp³-hybridized carbons (Fsp3) is 0.333. The number of amides is 1. The molecule has 0 saturated carbocycles. The maximum absolute atomic E-state index is 12.3. The Morgan fingerprint density at radius 2 is 2.09 bits per heavy atom. The zero-order chi connectivity index (χ0) is 17.0. The van der Waals surface area contributed by atoms with Gasteiger partial charge in [-0.05, 0) is 31.2 Å². The van der Waals surface area contributed by atoms with Gasteiger partial charge in [-0.3, -0.25) is 15.1 Å². The smallest absolute Gasteiger partial charge is 0.276 e. The molecule has 8 heteroatoms. The zero-order valence-electron chi connectivity index (χ0n) is 13.2. The lowest BCUT2D eigenvalue weighted by atomic mass is 10.2. The largest absolute Gasteiger partial charge is 0.496 e. The number of H-pyrrole nitrogens is 1. The van der Waals surface area contributed by atoms with E-state index < -0.39 is 5.91 Å². The number of nitrogens with two attached hydrogens (primary N) is 2. The van der Waals surface area contributed by atoms with Crippen molar-refractivity contribution in [2.45, 2.75) is 6.42 Å². The normalized spacial score (nSPS) is 10.6. The van der Waals surface area contributed by atoms with Crippen molar-refractivity contribution >= 4 is 22.8 Å². The summed E-state index contributed by atoms with van der Waals surface area (Å²) in [5.41, 5.74) is 11.8. The SMILES string of the molecule is COc1ccc(OCCCN)c2[nH]c(C(=O)N(C)C(=N)N)cc12. The summed E-state index contributed by atoms with van der Waals surface area (Å²) in [5.74, 6) is 0.481. The number of hydrogen-bond donors (Lipinski definition) is 4. The highest BCUT2D eigenvalue weighted by Crippen LogP contribution is 2.33. The Kier molecular flexibility index (Phi) is 5.07. The second-order valence-corrected chi connectivity index (χ2v) is 4.98. The first-order chi connectivity index (χ1) is 11.0. The third-order valence-corrected chi connectivity index (χ3v) is 3.44. The van der Waals surface area contributed by atoms with Crippen LogP contribution in [0.2, 0.25) is 0 Å². The fourth-order valence-corrected chi connectivity index (χ4v) is 2.14. The van der Waals surface area contributed by atoms with Crippen LogP contribution in [0.25, 0.3) is 10.9 Å². The van der Waals surface area contributed by atoms with Crippen LogP contribution in [0, 0.1) is 5.41 Å². The third kappa shape index (κ3) is 3.37. The predicted molar refractivity (Wildman–Crippen MR) is 88.0 cm³/mol. The summed E-state index contributed by atoms with van der Waals surface area (Å²) in [4.78, 5) is 16.4. The highest BCUT2D eigenvalue weighted by Gasteiger charge is 2.19. The number of rotatable bonds is 6. The van der Waals surface area contributed by atoms with E-state index in [0.29, 0.717) is 35.9 Å². The lowest BCUT2D eigenvalue weighted by Crippen LogP contribution is -2.38. The molecule has 0 unspecified atom stereocenters. The molecule has 0 aliphatic heterocycles. The van der Waals surface area contributed by atoms with Crippen molar-refractivity contribution in [3.63, 3.8) is 0 Å². The average molecular weight is 319 g/mol. The van der Waals surface area contributed by atoms with Gasteiger partial charge >= 0.3 is 0 Å². The third-order valence-electron chi connectivity index (χ3n) is 3.44. The second kappa shape index (κ2) is 7.01.